The molecule has 0 saturated heterocycles. The molecule has 0 aromatic carbocycles. The zero-order chi connectivity index (χ0) is 23.4. The fourth-order valence-corrected chi connectivity index (χ4v) is 9.20. The minimum Gasteiger partial charge on any atom is -0.390 e. The van der Waals surface area contributed by atoms with Crippen LogP contribution < -0.4 is 0 Å². The monoisotopic (exact) mass is 444 g/mol. The smallest absolute Gasteiger partial charge is 0.0657 e. The molecule has 0 spiro atoms. The summed E-state index contributed by atoms with van der Waals surface area (Å²) in [7, 11) is 0. The second-order valence-electron chi connectivity index (χ2n) is 13.8. The maximum absolute atomic E-state index is 10.8. The molecule has 32 heavy (non-hydrogen) atoms. The molecular weight excluding hydrogens is 392 g/mol. The Morgan fingerprint density at radius 1 is 1.06 bits per heavy atom. The summed E-state index contributed by atoms with van der Waals surface area (Å²) in [5.41, 5.74) is 1.41. The summed E-state index contributed by atoms with van der Waals surface area (Å²) >= 11 is 0. The molecule has 3 saturated carbocycles. The first-order chi connectivity index (χ1) is 14.9. The van der Waals surface area contributed by atoms with Gasteiger partial charge in [-0.15, -0.1) is 0 Å². The molecule has 184 valence electrons. The SMILES string of the molecule is CCCC[C@](C)(O)CC[C@@H](C)C1CC[C@H]2[C@@H]3CC=C4C[C@@](C)(O)CC[C@]4(C)[C@H]3CC[C@]12C. The number of unbranched alkanes of at least 4 members (excludes halogenated alkanes) is 1. The highest BCUT2D eigenvalue weighted by atomic mass is 16.3. The second kappa shape index (κ2) is 8.71. The van der Waals surface area contributed by atoms with E-state index in [9.17, 15) is 10.2 Å². The topological polar surface area (TPSA) is 40.5 Å². The molecule has 0 radical (unpaired) electrons. The Labute approximate surface area is 198 Å². The van der Waals surface area contributed by atoms with Gasteiger partial charge >= 0.3 is 0 Å². The van der Waals surface area contributed by atoms with Crippen LogP contribution in [0.15, 0.2) is 11.6 Å². The van der Waals surface area contributed by atoms with Crippen molar-refractivity contribution >= 4 is 0 Å². The highest BCUT2D eigenvalue weighted by Crippen LogP contribution is 2.67. The van der Waals surface area contributed by atoms with E-state index in [4.69, 9.17) is 0 Å². The van der Waals surface area contributed by atoms with Crippen LogP contribution >= 0.6 is 0 Å². The molecular formula is C30H52O2. The Morgan fingerprint density at radius 2 is 1.81 bits per heavy atom. The quantitative estimate of drug-likeness (QED) is 0.395. The van der Waals surface area contributed by atoms with Crippen molar-refractivity contribution in [2.75, 3.05) is 0 Å². The lowest BCUT2D eigenvalue weighted by Gasteiger charge is -2.59. The number of aliphatic hydroxyl groups is 2. The number of hydrogen-bond donors (Lipinski definition) is 2. The maximum Gasteiger partial charge on any atom is 0.0657 e. The average Bonchev–Trinajstić information content (AvgIpc) is 3.08. The van der Waals surface area contributed by atoms with E-state index < -0.39 is 11.2 Å². The summed E-state index contributed by atoms with van der Waals surface area (Å²) in [6.07, 6.45) is 17.8. The molecule has 0 aliphatic heterocycles. The molecule has 0 heterocycles. The predicted molar refractivity (Wildman–Crippen MR) is 134 cm³/mol. The van der Waals surface area contributed by atoms with Crippen LogP contribution in [0.5, 0.6) is 0 Å². The average molecular weight is 445 g/mol. The largest absolute Gasteiger partial charge is 0.390 e. The Morgan fingerprint density at radius 3 is 2.53 bits per heavy atom. The first kappa shape index (κ1) is 24.8. The van der Waals surface area contributed by atoms with Gasteiger partial charge in [0.25, 0.3) is 0 Å². The van der Waals surface area contributed by atoms with Gasteiger partial charge in [0.2, 0.25) is 0 Å². The zero-order valence-electron chi connectivity index (χ0n) is 22.1. The molecule has 2 heteroatoms. The van der Waals surface area contributed by atoms with E-state index in [-0.39, 0.29) is 0 Å². The molecule has 4 aliphatic carbocycles. The molecule has 0 aromatic rings. The molecule has 1 unspecified atom stereocenters. The highest BCUT2D eigenvalue weighted by Gasteiger charge is 2.59. The Hall–Kier alpha value is -0.340. The van der Waals surface area contributed by atoms with Gasteiger partial charge in [-0.3, -0.25) is 0 Å². The van der Waals surface area contributed by atoms with E-state index in [2.05, 4.69) is 40.7 Å². The molecule has 9 atom stereocenters. The Balaban J connectivity index is 1.45. The summed E-state index contributed by atoms with van der Waals surface area (Å²) in [4.78, 5) is 0. The second-order valence-corrected chi connectivity index (χ2v) is 13.8. The first-order valence-electron chi connectivity index (χ1n) is 14.1. The van der Waals surface area contributed by atoms with Crippen LogP contribution in [-0.2, 0) is 0 Å². The van der Waals surface area contributed by atoms with Crippen LogP contribution in [0.2, 0.25) is 0 Å². The van der Waals surface area contributed by atoms with E-state index in [1.54, 1.807) is 5.57 Å². The van der Waals surface area contributed by atoms with Crippen LogP contribution in [0.4, 0.5) is 0 Å². The molecule has 2 nitrogen and oxygen atoms in total. The predicted octanol–water partition coefficient (Wildman–Crippen LogP) is 7.67. The van der Waals surface area contributed by atoms with Crippen molar-refractivity contribution < 1.29 is 10.2 Å². The number of rotatable bonds is 7. The van der Waals surface area contributed by atoms with Gasteiger partial charge in [-0.25, -0.2) is 0 Å². The van der Waals surface area contributed by atoms with E-state index in [1.807, 2.05) is 6.92 Å². The number of fused-ring (bicyclic) bond motifs is 5. The fourth-order valence-electron chi connectivity index (χ4n) is 9.20. The first-order valence-corrected chi connectivity index (χ1v) is 14.1. The van der Waals surface area contributed by atoms with E-state index in [1.165, 1.54) is 51.4 Å². The van der Waals surface area contributed by atoms with Gasteiger partial charge in [0.15, 0.2) is 0 Å². The van der Waals surface area contributed by atoms with Crippen molar-refractivity contribution in [2.24, 2.45) is 40.4 Å². The maximum atomic E-state index is 10.8. The Bertz CT molecular complexity index is 706. The van der Waals surface area contributed by atoms with Gasteiger partial charge in [0.1, 0.15) is 0 Å². The molecule has 0 aromatic heterocycles. The minimum absolute atomic E-state index is 0.328. The fraction of sp³-hybridized carbons (Fsp3) is 0.933. The summed E-state index contributed by atoms with van der Waals surface area (Å²) < 4.78 is 0. The minimum atomic E-state index is -0.492. The molecule has 2 N–H and O–H groups in total. The van der Waals surface area contributed by atoms with Crippen LogP contribution in [0.25, 0.3) is 0 Å². The third kappa shape index (κ3) is 4.37. The van der Waals surface area contributed by atoms with Gasteiger partial charge in [-0.1, -0.05) is 52.2 Å². The van der Waals surface area contributed by atoms with Crippen molar-refractivity contribution in [3.05, 3.63) is 11.6 Å². The summed E-state index contributed by atoms with van der Waals surface area (Å²) in [6.45, 7) is 14.0. The molecule has 0 bridgehead atoms. The van der Waals surface area contributed by atoms with Gasteiger partial charge in [-0.2, -0.15) is 0 Å². The Kier molecular flexibility index (Phi) is 6.74. The normalized spacial score (nSPS) is 46.4. The molecule has 4 rings (SSSR count). The van der Waals surface area contributed by atoms with E-state index in [0.717, 1.165) is 55.8 Å². The van der Waals surface area contributed by atoms with E-state index >= 15 is 0 Å². The lowest BCUT2D eigenvalue weighted by molar-refractivity contribution is -0.0715. The lowest BCUT2D eigenvalue weighted by Crippen LogP contribution is -2.52. The van der Waals surface area contributed by atoms with Gasteiger partial charge in [0, 0.05) is 0 Å². The van der Waals surface area contributed by atoms with Crippen molar-refractivity contribution in [2.45, 2.75) is 136 Å². The molecule has 3 fully saturated rings. The third-order valence-corrected chi connectivity index (χ3v) is 11.3. The van der Waals surface area contributed by atoms with Gasteiger partial charge in [0.05, 0.1) is 11.2 Å². The van der Waals surface area contributed by atoms with Crippen molar-refractivity contribution in [1.29, 1.82) is 0 Å². The highest BCUT2D eigenvalue weighted by molar-refractivity contribution is 5.26. The third-order valence-electron chi connectivity index (χ3n) is 11.3. The number of allylic oxidation sites excluding steroid dienone is 1. The summed E-state index contributed by atoms with van der Waals surface area (Å²) in [6, 6.07) is 0. The van der Waals surface area contributed by atoms with Crippen molar-refractivity contribution in [1.82, 2.24) is 0 Å². The zero-order valence-corrected chi connectivity index (χ0v) is 22.1. The summed E-state index contributed by atoms with van der Waals surface area (Å²) in [5.74, 6) is 4.06. The van der Waals surface area contributed by atoms with Gasteiger partial charge < -0.3 is 10.2 Å². The summed E-state index contributed by atoms with van der Waals surface area (Å²) in [5, 5.41) is 21.5. The van der Waals surface area contributed by atoms with Crippen LogP contribution in [-0.4, -0.2) is 21.4 Å². The van der Waals surface area contributed by atoms with E-state index in [0.29, 0.717) is 16.7 Å². The van der Waals surface area contributed by atoms with Crippen LogP contribution in [0, 0.1) is 40.4 Å². The lowest BCUT2D eigenvalue weighted by atomic mass is 9.46. The van der Waals surface area contributed by atoms with Crippen molar-refractivity contribution in [3.63, 3.8) is 0 Å². The van der Waals surface area contributed by atoms with Crippen LogP contribution in [0.3, 0.4) is 0 Å². The van der Waals surface area contributed by atoms with Gasteiger partial charge in [-0.05, 0) is 125 Å². The standard InChI is InChI=1S/C30H52O2/c1-7-8-15-27(3,31)16-13-21(2)24-11-12-25-23-10-9-22-20-28(4,32)18-19-29(22,5)26(23)14-17-30(24,25)6/h9,21,23-26,31-32H,7-8,10-20H2,1-6H3/t21-,23+,24?,25+,26+,27+,28+,29+,30-/m1/s1. The van der Waals surface area contributed by atoms with Crippen LogP contribution in [0.1, 0.15) is 125 Å². The molecule has 0 amide bonds. The molecule has 4 aliphatic rings. The number of hydrogen-bond acceptors (Lipinski definition) is 2. The van der Waals surface area contributed by atoms with Crippen molar-refractivity contribution in [3.8, 4) is 0 Å².